The third-order valence-electron chi connectivity index (χ3n) is 2.86. The molecule has 2 rings (SSSR count). The lowest BCUT2D eigenvalue weighted by Crippen LogP contribution is -2.36. The van der Waals surface area contributed by atoms with E-state index < -0.39 is 12.0 Å². The Hall–Kier alpha value is -1.10. The SMILES string of the molecule is Cc1cc(N2CCC[C@H]2C(=O)O)ncc1Br. The van der Waals surface area contributed by atoms with E-state index in [0.717, 1.165) is 28.8 Å². The van der Waals surface area contributed by atoms with Crippen molar-refractivity contribution in [3.05, 3.63) is 22.3 Å². The maximum absolute atomic E-state index is 11.1. The molecule has 1 saturated heterocycles. The zero-order valence-electron chi connectivity index (χ0n) is 8.98. The Kier molecular flexibility index (Phi) is 3.14. The fourth-order valence-corrected chi connectivity index (χ4v) is 2.20. The standard InChI is InChI=1S/C11H13BrN2O2/c1-7-5-10(13-6-8(7)12)14-4-2-3-9(14)11(15)16/h5-6,9H,2-4H2,1H3,(H,15,16)/t9-/m0/s1. The van der Waals surface area contributed by atoms with Gasteiger partial charge in [0.2, 0.25) is 0 Å². The minimum atomic E-state index is -0.764. The Labute approximate surface area is 102 Å². The highest BCUT2D eigenvalue weighted by Crippen LogP contribution is 2.26. The number of nitrogens with zero attached hydrogens (tertiary/aromatic N) is 2. The molecule has 0 saturated carbocycles. The first-order chi connectivity index (χ1) is 7.59. The van der Waals surface area contributed by atoms with Gasteiger partial charge in [0.05, 0.1) is 0 Å². The molecule has 0 unspecified atom stereocenters. The molecular weight excluding hydrogens is 272 g/mol. The summed E-state index contributed by atoms with van der Waals surface area (Å²) < 4.78 is 0.947. The maximum Gasteiger partial charge on any atom is 0.326 e. The van der Waals surface area contributed by atoms with Crippen molar-refractivity contribution < 1.29 is 9.90 Å². The number of carboxylic acids is 1. The van der Waals surface area contributed by atoms with Gasteiger partial charge in [-0.2, -0.15) is 0 Å². The van der Waals surface area contributed by atoms with E-state index in [1.165, 1.54) is 0 Å². The lowest BCUT2D eigenvalue weighted by Gasteiger charge is -2.22. The number of carboxylic acid groups (broad SMARTS) is 1. The number of anilines is 1. The van der Waals surface area contributed by atoms with Gasteiger partial charge in [-0.3, -0.25) is 0 Å². The molecule has 0 bridgehead atoms. The van der Waals surface area contributed by atoms with Crippen LogP contribution in [0.3, 0.4) is 0 Å². The van der Waals surface area contributed by atoms with Crippen molar-refractivity contribution in [2.45, 2.75) is 25.8 Å². The first-order valence-electron chi connectivity index (χ1n) is 5.21. The molecule has 2 heterocycles. The van der Waals surface area contributed by atoms with Crippen LogP contribution in [0.25, 0.3) is 0 Å². The van der Waals surface area contributed by atoms with Gasteiger partial charge < -0.3 is 10.0 Å². The van der Waals surface area contributed by atoms with E-state index in [2.05, 4.69) is 20.9 Å². The summed E-state index contributed by atoms with van der Waals surface area (Å²) in [7, 11) is 0. The fraction of sp³-hybridized carbons (Fsp3) is 0.455. The molecule has 0 aliphatic carbocycles. The lowest BCUT2D eigenvalue weighted by molar-refractivity contribution is -0.138. The van der Waals surface area contributed by atoms with Crippen LogP contribution in [0.4, 0.5) is 5.82 Å². The topological polar surface area (TPSA) is 53.4 Å². The quantitative estimate of drug-likeness (QED) is 0.905. The lowest BCUT2D eigenvalue weighted by atomic mass is 10.2. The molecule has 0 amide bonds. The maximum atomic E-state index is 11.1. The smallest absolute Gasteiger partial charge is 0.326 e. The predicted molar refractivity (Wildman–Crippen MR) is 64.7 cm³/mol. The molecule has 1 aliphatic rings. The molecule has 86 valence electrons. The highest BCUT2D eigenvalue weighted by molar-refractivity contribution is 9.10. The summed E-state index contributed by atoms with van der Waals surface area (Å²) in [6, 6.07) is 1.50. The van der Waals surface area contributed by atoms with Crippen LogP contribution in [0.5, 0.6) is 0 Å². The van der Waals surface area contributed by atoms with Crippen molar-refractivity contribution in [1.29, 1.82) is 0 Å². The van der Waals surface area contributed by atoms with E-state index >= 15 is 0 Å². The molecule has 0 aromatic carbocycles. The number of pyridine rings is 1. The number of aryl methyl sites for hydroxylation is 1. The van der Waals surface area contributed by atoms with Crippen LogP contribution in [-0.4, -0.2) is 28.6 Å². The highest BCUT2D eigenvalue weighted by Gasteiger charge is 2.31. The Bertz CT molecular complexity index is 422. The van der Waals surface area contributed by atoms with E-state index in [0.29, 0.717) is 6.42 Å². The van der Waals surface area contributed by atoms with Crippen LogP contribution in [0.1, 0.15) is 18.4 Å². The number of carbonyl (C=O) groups is 1. The molecular formula is C11H13BrN2O2. The normalized spacial score (nSPS) is 20.1. The highest BCUT2D eigenvalue weighted by atomic mass is 79.9. The molecule has 0 radical (unpaired) electrons. The first-order valence-corrected chi connectivity index (χ1v) is 6.00. The van der Waals surface area contributed by atoms with Crippen molar-refractivity contribution >= 4 is 27.7 Å². The van der Waals surface area contributed by atoms with Crippen LogP contribution >= 0.6 is 15.9 Å². The zero-order chi connectivity index (χ0) is 11.7. The molecule has 1 aromatic rings. The van der Waals surface area contributed by atoms with Crippen LogP contribution < -0.4 is 4.90 Å². The van der Waals surface area contributed by atoms with Crippen molar-refractivity contribution in [3.63, 3.8) is 0 Å². The van der Waals surface area contributed by atoms with Crippen LogP contribution in [0.15, 0.2) is 16.7 Å². The summed E-state index contributed by atoms with van der Waals surface area (Å²) in [5, 5.41) is 9.09. The summed E-state index contributed by atoms with van der Waals surface area (Å²) in [5.41, 5.74) is 1.07. The Morgan fingerprint density at radius 3 is 3.06 bits per heavy atom. The minimum absolute atomic E-state index is 0.423. The third kappa shape index (κ3) is 2.04. The van der Waals surface area contributed by atoms with Crippen molar-refractivity contribution in [2.75, 3.05) is 11.4 Å². The molecule has 1 N–H and O–H groups in total. The molecule has 16 heavy (non-hydrogen) atoms. The summed E-state index contributed by atoms with van der Waals surface area (Å²) in [4.78, 5) is 17.2. The van der Waals surface area contributed by atoms with Crippen molar-refractivity contribution in [3.8, 4) is 0 Å². The van der Waals surface area contributed by atoms with Gasteiger partial charge in [-0.1, -0.05) is 0 Å². The molecule has 0 spiro atoms. The van der Waals surface area contributed by atoms with E-state index in [9.17, 15) is 4.79 Å². The Balaban J connectivity index is 2.29. The number of rotatable bonds is 2. The minimum Gasteiger partial charge on any atom is -0.480 e. The van der Waals surface area contributed by atoms with E-state index in [1.807, 2.05) is 17.9 Å². The average molecular weight is 285 g/mol. The molecule has 1 aliphatic heterocycles. The average Bonchev–Trinajstić information content (AvgIpc) is 2.71. The Morgan fingerprint density at radius 1 is 1.69 bits per heavy atom. The van der Waals surface area contributed by atoms with Crippen molar-refractivity contribution in [1.82, 2.24) is 4.98 Å². The second-order valence-electron chi connectivity index (χ2n) is 3.98. The number of hydrogen-bond acceptors (Lipinski definition) is 3. The summed E-state index contributed by atoms with van der Waals surface area (Å²) in [5.74, 6) is -0.00882. The number of aromatic nitrogens is 1. The summed E-state index contributed by atoms with van der Waals surface area (Å²) in [6.45, 7) is 2.74. The second kappa shape index (κ2) is 4.41. The second-order valence-corrected chi connectivity index (χ2v) is 4.84. The first kappa shape index (κ1) is 11.4. The largest absolute Gasteiger partial charge is 0.480 e. The van der Waals surface area contributed by atoms with Gasteiger partial charge in [-0.15, -0.1) is 0 Å². The molecule has 1 aromatic heterocycles. The number of halogens is 1. The van der Waals surface area contributed by atoms with Gasteiger partial charge in [0.25, 0.3) is 0 Å². The summed E-state index contributed by atoms with van der Waals surface area (Å²) in [6.07, 6.45) is 3.34. The van der Waals surface area contributed by atoms with E-state index in [-0.39, 0.29) is 0 Å². The monoisotopic (exact) mass is 284 g/mol. The fourth-order valence-electron chi connectivity index (χ4n) is 1.98. The molecule has 4 nitrogen and oxygen atoms in total. The molecule has 1 atom stereocenters. The van der Waals surface area contributed by atoms with Gasteiger partial charge in [-0.05, 0) is 47.3 Å². The third-order valence-corrected chi connectivity index (χ3v) is 3.69. The predicted octanol–water partition coefficient (Wildman–Crippen LogP) is 2.21. The van der Waals surface area contributed by atoms with Gasteiger partial charge in [0, 0.05) is 17.2 Å². The van der Waals surface area contributed by atoms with E-state index in [4.69, 9.17) is 5.11 Å². The van der Waals surface area contributed by atoms with Gasteiger partial charge >= 0.3 is 5.97 Å². The summed E-state index contributed by atoms with van der Waals surface area (Å²) >= 11 is 3.38. The van der Waals surface area contributed by atoms with Gasteiger partial charge in [-0.25, -0.2) is 9.78 Å². The van der Waals surface area contributed by atoms with Crippen LogP contribution in [-0.2, 0) is 4.79 Å². The van der Waals surface area contributed by atoms with Crippen molar-refractivity contribution in [2.24, 2.45) is 0 Å². The van der Waals surface area contributed by atoms with E-state index in [1.54, 1.807) is 6.20 Å². The molecule has 1 fully saturated rings. The molecule has 5 heteroatoms. The number of hydrogen-bond donors (Lipinski definition) is 1. The van der Waals surface area contributed by atoms with Gasteiger partial charge in [0.15, 0.2) is 0 Å². The zero-order valence-corrected chi connectivity index (χ0v) is 10.6. The number of aliphatic carboxylic acids is 1. The van der Waals surface area contributed by atoms with Crippen LogP contribution in [0.2, 0.25) is 0 Å². The Morgan fingerprint density at radius 2 is 2.44 bits per heavy atom. The van der Waals surface area contributed by atoms with Gasteiger partial charge in [0.1, 0.15) is 11.9 Å². The van der Waals surface area contributed by atoms with Crippen LogP contribution in [0, 0.1) is 6.92 Å².